The summed E-state index contributed by atoms with van der Waals surface area (Å²) in [6.45, 7) is 5.05. The van der Waals surface area contributed by atoms with E-state index in [0.717, 1.165) is 16.5 Å². The molecule has 0 radical (unpaired) electrons. The Morgan fingerprint density at radius 1 is 1.31 bits per heavy atom. The maximum absolute atomic E-state index is 12.4. The molecule has 1 aliphatic heterocycles. The Labute approximate surface area is 226 Å². The van der Waals surface area contributed by atoms with Crippen LogP contribution in [0.25, 0.3) is 16.5 Å². The van der Waals surface area contributed by atoms with E-state index < -0.39 is 15.3 Å². The number of anilines is 2. The van der Waals surface area contributed by atoms with Crippen molar-refractivity contribution in [1.82, 2.24) is 24.4 Å². The van der Waals surface area contributed by atoms with Crippen LogP contribution in [0.4, 0.5) is 11.6 Å². The second kappa shape index (κ2) is 10.7. The number of aliphatic hydroxyl groups is 1. The van der Waals surface area contributed by atoms with Gasteiger partial charge >= 0.3 is 0 Å². The minimum absolute atomic E-state index is 0.0310. The van der Waals surface area contributed by atoms with Gasteiger partial charge in [-0.05, 0) is 38.3 Å². The van der Waals surface area contributed by atoms with Crippen LogP contribution in [0.1, 0.15) is 56.5 Å². The number of carbonyl (C=O) groups is 1. The molecule has 4 N–H and O–H groups in total. The fourth-order valence-electron chi connectivity index (χ4n) is 4.76. The number of nitrogens with two attached hydrogens (primary N) is 1. The summed E-state index contributed by atoms with van der Waals surface area (Å²) in [5.41, 5.74) is 8.04. The average molecular weight is 553 g/mol. The van der Waals surface area contributed by atoms with Crippen LogP contribution in [-0.2, 0) is 14.8 Å². The Morgan fingerprint density at radius 2 is 2.10 bits per heavy atom. The number of allylic oxidation sites excluding steroid dienone is 1. The highest BCUT2D eigenvalue weighted by Crippen LogP contribution is 2.36. The number of rotatable bonds is 10. The van der Waals surface area contributed by atoms with Gasteiger partial charge in [-0.2, -0.15) is 4.40 Å². The van der Waals surface area contributed by atoms with Gasteiger partial charge in [-0.1, -0.05) is 0 Å². The van der Waals surface area contributed by atoms with Crippen LogP contribution in [0, 0.1) is 0 Å². The molecule has 0 spiro atoms. The largest absolute Gasteiger partial charge is 0.404 e. The molecule has 1 unspecified atom stereocenters. The van der Waals surface area contributed by atoms with E-state index in [2.05, 4.69) is 49.3 Å². The highest BCUT2D eigenvalue weighted by molar-refractivity contribution is 7.91. The summed E-state index contributed by atoms with van der Waals surface area (Å²) in [5, 5.41) is 13.0. The minimum atomic E-state index is -3.55. The van der Waals surface area contributed by atoms with Crippen LogP contribution in [0.2, 0.25) is 0 Å². The van der Waals surface area contributed by atoms with E-state index in [-0.39, 0.29) is 35.9 Å². The predicted molar refractivity (Wildman–Crippen MR) is 149 cm³/mol. The third-order valence-electron chi connectivity index (χ3n) is 6.96. The first-order chi connectivity index (χ1) is 18.7. The Balaban J connectivity index is 1.40. The highest BCUT2D eigenvalue weighted by Gasteiger charge is 2.35. The topological polar surface area (TPSA) is 169 Å². The number of aliphatic hydroxyl groups excluding tert-OH is 1. The molecule has 5 rings (SSSR count). The normalized spacial score (nSPS) is 18.7. The van der Waals surface area contributed by atoms with Crippen LogP contribution < -0.4 is 11.1 Å². The second-order valence-electron chi connectivity index (χ2n) is 10.1. The van der Waals surface area contributed by atoms with E-state index in [1.54, 1.807) is 23.4 Å². The van der Waals surface area contributed by atoms with E-state index in [1.807, 2.05) is 6.07 Å². The predicted octanol–water partition coefficient (Wildman–Crippen LogP) is 2.32. The van der Waals surface area contributed by atoms with E-state index >= 15 is 0 Å². The van der Waals surface area contributed by atoms with Crippen molar-refractivity contribution >= 4 is 50.3 Å². The third-order valence-corrected chi connectivity index (χ3v) is 8.68. The van der Waals surface area contributed by atoms with Gasteiger partial charge in [0.05, 0.1) is 29.2 Å². The molecule has 0 bridgehead atoms. The number of hydrogen-bond acceptors (Lipinski definition) is 9. The minimum Gasteiger partial charge on any atom is -0.404 e. The first-order valence-corrected chi connectivity index (χ1v) is 14.4. The summed E-state index contributed by atoms with van der Waals surface area (Å²) in [5.74, 6) is 1.32. The van der Waals surface area contributed by atoms with Crippen LogP contribution in [0.15, 0.2) is 41.3 Å². The lowest BCUT2D eigenvalue weighted by Gasteiger charge is -2.14. The van der Waals surface area contributed by atoms with Crippen molar-refractivity contribution in [2.45, 2.75) is 50.3 Å². The maximum atomic E-state index is 12.4. The molecular formula is C26H32N8O4S. The molecule has 1 amide bonds. The van der Waals surface area contributed by atoms with Crippen LogP contribution in [0.3, 0.4) is 0 Å². The second-order valence-corrected chi connectivity index (χ2v) is 12.0. The summed E-state index contributed by atoms with van der Waals surface area (Å²) in [7, 11) is -3.55. The first-order valence-electron chi connectivity index (χ1n) is 12.9. The monoisotopic (exact) mass is 552 g/mol. The number of pyridine rings is 1. The van der Waals surface area contributed by atoms with Gasteiger partial charge in [0.1, 0.15) is 11.6 Å². The van der Waals surface area contributed by atoms with E-state index in [4.69, 9.17) is 5.73 Å². The summed E-state index contributed by atoms with van der Waals surface area (Å²) in [6.07, 6.45) is 9.49. The summed E-state index contributed by atoms with van der Waals surface area (Å²) in [6, 6.07) is 3.79. The van der Waals surface area contributed by atoms with Crippen molar-refractivity contribution in [3.63, 3.8) is 0 Å². The first kappa shape index (κ1) is 26.8. The summed E-state index contributed by atoms with van der Waals surface area (Å²) >= 11 is 0. The van der Waals surface area contributed by atoms with Crippen molar-refractivity contribution in [1.29, 1.82) is 0 Å². The van der Waals surface area contributed by atoms with Gasteiger partial charge in [0.15, 0.2) is 5.82 Å². The van der Waals surface area contributed by atoms with Crippen LogP contribution in [0.5, 0.6) is 0 Å². The molecule has 1 atom stereocenters. The number of sulfonamides is 1. The zero-order chi connectivity index (χ0) is 27.7. The SMILES string of the molecule is CC(C)n1cc(C2CC(=O)N(CCO)C2)c2cnc(Nc3ccnc(C(C=NS(=O)(=O)C4CC4)=CN)n3)cc21. The molecule has 4 heterocycles. The third kappa shape index (κ3) is 5.64. The number of aromatic nitrogens is 4. The molecule has 13 heteroatoms. The Morgan fingerprint density at radius 3 is 2.79 bits per heavy atom. The van der Waals surface area contributed by atoms with Crippen molar-refractivity contribution in [3.8, 4) is 0 Å². The lowest BCUT2D eigenvalue weighted by Crippen LogP contribution is -2.28. The fourth-order valence-corrected chi connectivity index (χ4v) is 5.93. The lowest BCUT2D eigenvalue weighted by molar-refractivity contribution is -0.128. The standard InChI is InChI=1S/C26H32N8O4S/c1-16(2)34-15-21(17-9-25(36)33(14-17)7-8-35)20-13-29-24(10-22(20)34)31-23-5-6-28-26(32-23)18(11-27)12-30-39(37,38)19-3-4-19/h5-6,10-13,15-17,19,35H,3-4,7-9,14,27H2,1-2H3,(H,28,29,31,32). The number of hydrogen-bond donors (Lipinski definition) is 3. The molecule has 39 heavy (non-hydrogen) atoms. The van der Waals surface area contributed by atoms with Crippen LogP contribution in [-0.4, -0.2) is 75.0 Å². The van der Waals surface area contributed by atoms with Gasteiger partial charge in [0.25, 0.3) is 10.0 Å². The fraction of sp³-hybridized carbons (Fsp3) is 0.423. The lowest BCUT2D eigenvalue weighted by atomic mass is 9.98. The Hall–Kier alpha value is -3.84. The number of carbonyl (C=O) groups excluding carboxylic acids is 1. The number of amides is 1. The number of likely N-dealkylation sites (tertiary alicyclic amines) is 1. The molecule has 3 aromatic heterocycles. The molecule has 2 fully saturated rings. The molecular weight excluding hydrogens is 520 g/mol. The molecule has 3 aromatic rings. The summed E-state index contributed by atoms with van der Waals surface area (Å²) < 4.78 is 30.1. The quantitative estimate of drug-likeness (QED) is 0.320. The van der Waals surface area contributed by atoms with Crippen molar-refractivity contribution < 1.29 is 18.3 Å². The number of nitrogens with zero attached hydrogens (tertiary/aromatic N) is 6. The van der Waals surface area contributed by atoms with Gasteiger partial charge < -0.3 is 25.6 Å². The number of nitrogens with one attached hydrogen (secondary N) is 1. The van der Waals surface area contributed by atoms with E-state index in [0.29, 0.717) is 44.0 Å². The maximum Gasteiger partial charge on any atom is 0.255 e. The summed E-state index contributed by atoms with van der Waals surface area (Å²) in [4.78, 5) is 27.4. The zero-order valence-corrected chi connectivity index (χ0v) is 22.7. The molecule has 2 aliphatic rings. The molecule has 1 saturated carbocycles. The Bertz CT molecular complexity index is 1560. The molecule has 1 saturated heterocycles. The van der Waals surface area contributed by atoms with Crippen molar-refractivity contribution in [2.75, 3.05) is 25.0 Å². The van der Waals surface area contributed by atoms with Crippen LogP contribution >= 0.6 is 0 Å². The molecule has 1 aliphatic carbocycles. The molecule has 206 valence electrons. The number of β-amino-alcohol motifs (C(OH)–C–C–N with tert-alkyl or cyclic N) is 1. The molecule has 12 nitrogen and oxygen atoms in total. The smallest absolute Gasteiger partial charge is 0.255 e. The van der Waals surface area contributed by atoms with Crippen molar-refractivity contribution in [3.05, 3.63) is 48.3 Å². The van der Waals surface area contributed by atoms with Gasteiger partial charge in [0, 0.05) is 67.7 Å². The zero-order valence-electron chi connectivity index (χ0n) is 21.9. The number of fused-ring (bicyclic) bond motifs is 1. The van der Waals surface area contributed by atoms with E-state index in [9.17, 15) is 18.3 Å². The van der Waals surface area contributed by atoms with Gasteiger partial charge in [0.2, 0.25) is 5.91 Å². The molecule has 0 aromatic carbocycles. The Kier molecular flexibility index (Phi) is 7.36. The van der Waals surface area contributed by atoms with E-state index in [1.165, 1.54) is 12.4 Å². The highest BCUT2D eigenvalue weighted by atomic mass is 32.2. The van der Waals surface area contributed by atoms with Crippen molar-refractivity contribution in [2.24, 2.45) is 10.1 Å². The van der Waals surface area contributed by atoms with Gasteiger partial charge in [-0.25, -0.2) is 23.4 Å². The van der Waals surface area contributed by atoms with Gasteiger partial charge in [-0.15, -0.1) is 0 Å². The average Bonchev–Trinajstić information content (AvgIpc) is 3.62. The van der Waals surface area contributed by atoms with Gasteiger partial charge in [-0.3, -0.25) is 4.79 Å².